The average Bonchev–Trinajstić information content (AvgIpc) is 2.92. The van der Waals surface area contributed by atoms with Crippen molar-refractivity contribution in [1.82, 2.24) is 10.2 Å². The summed E-state index contributed by atoms with van der Waals surface area (Å²) in [7, 11) is 1.28. The van der Waals surface area contributed by atoms with Gasteiger partial charge in [-0.3, -0.25) is 4.79 Å². The molecular weight excluding hydrogens is 351 g/mol. The molecule has 0 aliphatic carbocycles. The van der Waals surface area contributed by atoms with Crippen molar-refractivity contribution in [3.05, 3.63) is 29.8 Å². The highest BCUT2D eigenvalue weighted by molar-refractivity contribution is 8.02. The fraction of sp³-hybridized carbons (Fsp3) is 0.308. The van der Waals surface area contributed by atoms with E-state index in [1.807, 2.05) is 0 Å². The maximum Gasteiger partial charge on any atom is 0.418 e. The van der Waals surface area contributed by atoms with Crippen molar-refractivity contribution < 1.29 is 22.7 Å². The van der Waals surface area contributed by atoms with Gasteiger partial charge in [0.25, 0.3) is 0 Å². The number of para-hydroxylation sites is 1. The quantitative estimate of drug-likeness (QED) is 0.641. The van der Waals surface area contributed by atoms with Gasteiger partial charge in [0.1, 0.15) is 5.25 Å². The molecule has 0 aliphatic rings. The van der Waals surface area contributed by atoms with Crippen molar-refractivity contribution in [3.8, 4) is 0 Å². The van der Waals surface area contributed by atoms with Gasteiger partial charge in [-0.05, 0) is 19.1 Å². The van der Waals surface area contributed by atoms with Crippen LogP contribution in [-0.2, 0) is 15.7 Å². The Morgan fingerprint density at radius 2 is 2.04 bits per heavy atom. The second-order valence-corrected chi connectivity index (χ2v) is 6.89. The first-order valence-electron chi connectivity index (χ1n) is 6.32. The number of nitrogens with zero attached hydrogens (tertiary/aromatic N) is 2. The SMILES string of the molecule is COC(=O)[C@H](C)Sc1nnc(Nc2ccccc2C(F)(F)F)s1. The number of carbonyl (C=O) groups is 1. The zero-order valence-electron chi connectivity index (χ0n) is 12.0. The minimum atomic E-state index is -4.47. The Balaban J connectivity index is 2.13. The van der Waals surface area contributed by atoms with Crippen molar-refractivity contribution in [2.45, 2.75) is 22.7 Å². The van der Waals surface area contributed by atoms with Gasteiger partial charge in [0, 0.05) is 0 Å². The molecule has 0 saturated carbocycles. The second-order valence-electron chi connectivity index (χ2n) is 4.32. The molecule has 2 aromatic rings. The number of thioether (sulfide) groups is 1. The van der Waals surface area contributed by atoms with Crippen LogP contribution in [-0.4, -0.2) is 28.5 Å². The molecule has 1 aromatic heterocycles. The Bertz CT molecular complexity index is 691. The molecule has 0 radical (unpaired) electrons. The van der Waals surface area contributed by atoms with Crippen LogP contribution in [0.5, 0.6) is 0 Å². The van der Waals surface area contributed by atoms with Crippen molar-refractivity contribution in [1.29, 1.82) is 0 Å². The lowest BCUT2D eigenvalue weighted by atomic mass is 10.2. The fourth-order valence-corrected chi connectivity index (χ4v) is 3.56. The van der Waals surface area contributed by atoms with Crippen LogP contribution >= 0.6 is 23.1 Å². The van der Waals surface area contributed by atoms with E-state index >= 15 is 0 Å². The van der Waals surface area contributed by atoms with Crippen LogP contribution in [0.2, 0.25) is 0 Å². The van der Waals surface area contributed by atoms with Gasteiger partial charge in [-0.25, -0.2) is 0 Å². The molecule has 0 saturated heterocycles. The van der Waals surface area contributed by atoms with Crippen LogP contribution in [0.25, 0.3) is 0 Å². The highest BCUT2D eigenvalue weighted by atomic mass is 32.2. The zero-order chi connectivity index (χ0) is 17.0. The van der Waals surface area contributed by atoms with E-state index in [1.54, 1.807) is 6.92 Å². The van der Waals surface area contributed by atoms with Gasteiger partial charge in [-0.15, -0.1) is 10.2 Å². The lowest BCUT2D eigenvalue weighted by Gasteiger charge is -2.12. The van der Waals surface area contributed by atoms with Crippen LogP contribution in [0.3, 0.4) is 0 Å². The second kappa shape index (κ2) is 7.18. The highest BCUT2D eigenvalue weighted by Gasteiger charge is 2.33. The fourth-order valence-electron chi connectivity index (χ4n) is 1.63. The monoisotopic (exact) mass is 363 g/mol. The minimum Gasteiger partial charge on any atom is -0.468 e. The molecule has 1 aromatic carbocycles. The van der Waals surface area contributed by atoms with Gasteiger partial charge in [0.05, 0.1) is 18.4 Å². The summed E-state index contributed by atoms with van der Waals surface area (Å²) in [5.74, 6) is -0.415. The van der Waals surface area contributed by atoms with Crippen molar-refractivity contribution in [3.63, 3.8) is 0 Å². The summed E-state index contributed by atoms with van der Waals surface area (Å²) < 4.78 is 43.8. The predicted octanol–water partition coefficient (Wildman–Crippen LogP) is 3.95. The van der Waals surface area contributed by atoms with Crippen LogP contribution in [0, 0.1) is 0 Å². The Labute approximate surface area is 138 Å². The summed E-state index contributed by atoms with van der Waals surface area (Å²) in [6.45, 7) is 1.64. The Morgan fingerprint density at radius 3 is 2.70 bits per heavy atom. The molecule has 10 heteroatoms. The third-order valence-corrected chi connectivity index (χ3v) is 4.69. The van der Waals surface area contributed by atoms with Crippen molar-refractivity contribution in [2.24, 2.45) is 0 Å². The molecule has 0 unspecified atom stereocenters. The molecular formula is C13H12F3N3O2S2. The molecule has 0 aliphatic heterocycles. The number of nitrogens with one attached hydrogen (secondary N) is 1. The number of ether oxygens (including phenoxy) is 1. The van der Waals surface area contributed by atoms with Crippen molar-refractivity contribution >= 4 is 39.9 Å². The topological polar surface area (TPSA) is 64.1 Å². The van der Waals surface area contributed by atoms with Crippen molar-refractivity contribution in [2.75, 3.05) is 12.4 Å². The molecule has 2 rings (SSSR count). The standard InChI is InChI=1S/C13H12F3N3O2S2/c1-7(10(20)21-2)22-12-19-18-11(23-12)17-9-6-4-3-5-8(9)13(14,15)16/h3-7H,1-2H3,(H,17,18)/t7-/m0/s1. The molecule has 0 spiro atoms. The number of hydrogen-bond acceptors (Lipinski definition) is 7. The largest absolute Gasteiger partial charge is 0.468 e. The molecule has 5 nitrogen and oxygen atoms in total. The molecule has 0 bridgehead atoms. The molecule has 0 amide bonds. The van der Waals surface area contributed by atoms with Crippen LogP contribution in [0.1, 0.15) is 12.5 Å². The molecule has 1 N–H and O–H groups in total. The van der Waals surface area contributed by atoms with E-state index in [2.05, 4.69) is 20.3 Å². The molecule has 0 fully saturated rings. The Kier molecular flexibility index (Phi) is 5.47. The molecule has 23 heavy (non-hydrogen) atoms. The molecule has 1 heterocycles. The molecule has 124 valence electrons. The van der Waals surface area contributed by atoms with Gasteiger partial charge in [-0.1, -0.05) is 35.2 Å². The number of benzene rings is 1. The van der Waals surface area contributed by atoms with Crippen LogP contribution in [0.15, 0.2) is 28.6 Å². The van der Waals surface area contributed by atoms with E-state index in [4.69, 9.17) is 0 Å². The van der Waals surface area contributed by atoms with Crippen LogP contribution < -0.4 is 5.32 Å². The summed E-state index contributed by atoms with van der Waals surface area (Å²) in [6, 6.07) is 5.10. The number of methoxy groups -OCH3 is 1. The average molecular weight is 363 g/mol. The number of carbonyl (C=O) groups excluding carboxylic acids is 1. The summed E-state index contributed by atoms with van der Waals surface area (Å²) in [6.07, 6.45) is -4.47. The lowest BCUT2D eigenvalue weighted by Crippen LogP contribution is -2.14. The van der Waals surface area contributed by atoms with E-state index in [0.717, 1.165) is 29.2 Å². The van der Waals surface area contributed by atoms with E-state index in [9.17, 15) is 18.0 Å². The highest BCUT2D eigenvalue weighted by Crippen LogP contribution is 2.37. The number of rotatable bonds is 5. The van der Waals surface area contributed by atoms with E-state index in [1.165, 1.54) is 25.3 Å². The lowest BCUT2D eigenvalue weighted by molar-refractivity contribution is -0.139. The van der Waals surface area contributed by atoms with Gasteiger partial charge in [0.2, 0.25) is 5.13 Å². The molecule has 1 atom stereocenters. The van der Waals surface area contributed by atoms with Gasteiger partial charge in [-0.2, -0.15) is 13.2 Å². The summed E-state index contributed by atoms with van der Waals surface area (Å²) >= 11 is 2.18. The first-order valence-corrected chi connectivity index (χ1v) is 8.02. The minimum absolute atomic E-state index is 0.103. The smallest absolute Gasteiger partial charge is 0.418 e. The number of hydrogen-bond donors (Lipinski definition) is 1. The third-order valence-electron chi connectivity index (χ3n) is 2.69. The predicted molar refractivity (Wildman–Crippen MR) is 82.0 cm³/mol. The number of alkyl halides is 3. The van der Waals surface area contributed by atoms with Gasteiger partial charge < -0.3 is 10.1 Å². The van der Waals surface area contributed by atoms with E-state index < -0.39 is 23.0 Å². The maximum absolute atomic E-state index is 12.9. The Morgan fingerprint density at radius 1 is 1.35 bits per heavy atom. The zero-order valence-corrected chi connectivity index (χ0v) is 13.7. The number of esters is 1. The van der Waals surface area contributed by atoms with Gasteiger partial charge >= 0.3 is 12.1 Å². The summed E-state index contributed by atoms with van der Waals surface area (Å²) in [5, 5.41) is 9.97. The number of aromatic nitrogens is 2. The number of halogens is 3. The normalized spacial score (nSPS) is 12.7. The van der Waals surface area contributed by atoms with Crippen LogP contribution in [0.4, 0.5) is 24.0 Å². The van der Waals surface area contributed by atoms with E-state index in [0.29, 0.717) is 4.34 Å². The first-order chi connectivity index (χ1) is 10.8. The van der Waals surface area contributed by atoms with Gasteiger partial charge in [0.15, 0.2) is 4.34 Å². The summed E-state index contributed by atoms with van der Waals surface area (Å²) in [5.41, 5.74) is -0.888. The first kappa shape index (κ1) is 17.5. The maximum atomic E-state index is 12.9. The number of anilines is 2. The Hall–Kier alpha value is -1.81. The van der Waals surface area contributed by atoms with E-state index in [-0.39, 0.29) is 10.8 Å². The summed E-state index contributed by atoms with van der Waals surface area (Å²) in [4.78, 5) is 11.3. The third kappa shape index (κ3) is 4.58.